The van der Waals surface area contributed by atoms with Crippen molar-refractivity contribution in [2.45, 2.75) is 38.5 Å². The van der Waals surface area contributed by atoms with Crippen molar-refractivity contribution in [3.8, 4) is 22.8 Å². The Kier molecular flexibility index (Phi) is 7.83. The van der Waals surface area contributed by atoms with Gasteiger partial charge in [-0.1, -0.05) is 12.1 Å². The first kappa shape index (κ1) is 28.7. The van der Waals surface area contributed by atoms with Gasteiger partial charge in [-0.2, -0.15) is 0 Å². The smallest absolute Gasteiger partial charge is 0.272 e. The molecule has 3 aromatic heterocycles. The molecule has 1 aliphatic rings. The third-order valence-electron chi connectivity index (χ3n) is 8.82. The molecule has 43 heavy (non-hydrogen) atoms. The molecule has 0 atom stereocenters. The van der Waals surface area contributed by atoms with Crippen molar-refractivity contribution in [1.29, 1.82) is 0 Å². The first-order chi connectivity index (χ1) is 20.8. The largest absolute Gasteiger partial charge is 0.496 e. The van der Waals surface area contributed by atoms with Gasteiger partial charge in [0.2, 0.25) is 0 Å². The monoisotopic (exact) mass is 580 g/mol. The fourth-order valence-corrected chi connectivity index (χ4v) is 6.69. The molecule has 1 saturated carbocycles. The van der Waals surface area contributed by atoms with E-state index in [1.807, 2.05) is 73.4 Å². The van der Waals surface area contributed by atoms with Crippen molar-refractivity contribution in [2.24, 2.45) is 13.0 Å². The highest BCUT2D eigenvalue weighted by Crippen LogP contribution is 2.40. The Bertz CT molecular complexity index is 1800. The normalized spacial score (nSPS) is 17.1. The van der Waals surface area contributed by atoms with Crippen LogP contribution in [0.1, 0.15) is 53.6 Å². The molecule has 5 aromatic rings. The summed E-state index contributed by atoms with van der Waals surface area (Å²) in [6, 6.07) is 13.5. The number of nitrogens with one attached hydrogen (secondary N) is 1. The summed E-state index contributed by atoms with van der Waals surface area (Å²) in [5.41, 5.74) is 5.78. The number of ether oxygens (including phenoxy) is 2. The van der Waals surface area contributed by atoms with Crippen molar-refractivity contribution >= 4 is 28.0 Å². The molecule has 0 spiro atoms. The highest BCUT2D eigenvalue weighted by molar-refractivity contribution is 6.08. The first-order valence-electron chi connectivity index (χ1n) is 14.9. The van der Waals surface area contributed by atoms with Gasteiger partial charge in [0.05, 0.1) is 42.3 Å². The number of amides is 1. The first-order valence-corrected chi connectivity index (χ1v) is 14.9. The maximum absolute atomic E-state index is 13.5. The van der Waals surface area contributed by atoms with Gasteiger partial charge in [0.1, 0.15) is 23.0 Å². The Balaban J connectivity index is 1.31. The molecular formula is C34H40N6O3. The van der Waals surface area contributed by atoms with E-state index in [9.17, 15) is 4.79 Å². The van der Waals surface area contributed by atoms with Crippen LogP contribution in [0, 0.1) is 12.8 Å². The molecule has 1 aliphatic carbocycles. The molecule has 0 aliphatic heterocycles. The van der Waals surface area contributed by atoms with E-state index in [4.69, 9.17) is 14.5 Å². The summed E-state index contributed by atoms with van der Waals surface area (Å²) in [5.74, 6) is 3.31. The molecule has 0 saturated heterocycles. The van der Waals surface area contributed by atoms with E-state index in [2.05, 4.69) is 33.7 Å². The average Bonchev–Trinajstić information content (AvgIpc) is 3.56. The fourth-order valence-electron chi connectivity index (χ4n) is 6.69. The van der Waals surface area contributed by atoms with E-state index in [-0.39, 0.29) is 5.91 Å². The Morgan fingerprint density at radius 3 is 2.53 bits per heavy atom. The second-order valence-corrected chi connectivity index (χ2v) is 11.9. The van der Waals surface area contributed by atoms with Gasteiger partial charge in [-0.15, -0.1) is 0 Å². The van der Waals surface area contributed by atoms with Crippen LogP contribution in [0.25, 0.3) is 27.7 Å². The van der Waals surface area contributed by atoms with Crippen molar-refractivity contribution in [3.63, 3.8) is 0 Å². The SMILES string of the molecule is COc1cc(-c2nc([C@H]3CC[C@H](CN(C)C)CC3)n3ccnc(C)c23)ccc1NC(=O)c1cc2c(OC)cccc2n1C. The van der Waals surface area contributed by atoms with E-state index in [0.717, 1.165) is 70.2 Å². The molecule has 6 rings (SSSR count). The molecule has 0 radical (unpaired) electrons. The summed E-state index contributed by atoms with van der Waals surface area (Å²) in [6.07, 6.45) is 8.58. The number of benzene rings is 2. The number of hydrogen-bond donors (Lipinski definition) is 1. The van der Waals surface area contributed by atoms with Gasteiger partial charge in [-0.05, 0) is 83.0 Å². The van der Waals surface area contributed by atoms with Gasteiger partial charge in [-0.25, -0.2) is 4.98 Å². The summed E-state index contributed by atoms with van der Waals surface area (Å²) in [7, 11) is 9.44. The van der Waals surface area contributed by atoms with Gasteiger partial charge in [0.25, 0.3) is 5.91 Å². The van der Waals surface area contributed by atoms with Crippen LogP contribution in [0.3, 0.4) is 0 Å². The Labute approximate surface area is 252 Å². The van der Waals surface area contributed by atoms with Gasteiger partial charge < -0.3 is 24.3 Å². The van der Waals surface area contributed by atoms with Gasteiger partial charge in [-0.3, -0.25) is 14.2 Å². The molecule has 3 heterocycles. The molecule has 224 valence electrons. The number of rotatable bonds is 8. The predicted molar refractivity (Wildman–Crippen MR) is 170 cm³/mol. The second-order valence-electron chi connectivity index (χ2n) is 11.9. The molecule has 1 N–H and O–H groups in total. The summed E-state index contributed by atoms with van der Waals surface area (Å²) >= 11 is 0. The van der Waals surface area contributed by atoms with Crippen molar-refractivity contribution < 1.29 is 14.3 Å². The second kappa shape index (κ2) is 11.7. The third kappa shape index (κ3) is 5.33. The molecule has 9 heteroatoms. The highest BCUT2D eigenvalue weighted by Gasteiger charge is 2.28. The van der Waals surface area contributed by atoms with E-state index in [0.29, 0.717) is 23.0 Å². The minimum absolute atomic E-state index is 0.230. The van der Waals surface area contributed by atoms with E-state index < -0.39 is 0 Å². The standard InChI is InChI=1S/C34H40N6O3/c1-21-32-31(37-33(40(32)17-16-35-21)23-12-10-22(11-13-23)20-38(2)3)24-14-15-26(30(18-24)43-6)36-34(41)28-19-25-27(39(28)4)8-7-9-29(25)42-5/h7-9,14-19,22-23H,10-13,20H2,1-6H3,(H,36,41)/t22-,23-. The third-order valence-corrected chi connectivity index (χ3v) is 8.82. The van der Waals surface area contributed by atoms with Gasteiger partial charge in [0.15, 0.2) is 0 Å². The number of anilines is 1. The molecule has 1 amide bonds. The highest BCUT2D eigenvalue weighted by atomic mass is 16.5. The lowest BCUT2D eigenvalue weighted by atomic mass is 9.81. The van der Waals surface area contributed by atoms with Crippen LogP contribution in [0.5, 0.6) is 11.5 Å². The van der Waals surface area contributed by atoms with Crippen LogP contribution in [0.4, 0.5) is 5.69 Å². The van der Waals surface area contributed by atoms with E-state index in [1.165, 1.54) is 12.8 Å². The quantitative estimate of drug-likeness (QED) is 0.232. The van der Waals surface area contributed by atoms with Crippen molar-refractivity contribution in [1.82, 2.24) is 23.8 Å². The van der Waals surface area contributed by atoms with Crippen LogP contribution in [0.15, 0.2) is 54.9 Å². The zero-order valence-corrected chi connectivity index (χ0v) is 25.8. The lowest BCUT2D eigenvalue weighted by Gasteiger charge is -2.29. The topological polar surface area (TPSA) is 85.9 Å². The lowest BCUT2D eigenvalue weighted by Crippen LogP contribution is -2.25. The minimum atomic E-state index is -0.230. The average molecular weight is 581 g/mol. The molecule has 2 aromatic carbocycles. The number of carbonyl (C=O) groups excluding carboxylic acids is 1. The number of nitrogens with zero attached hydrogens (tertiary/aromatic N) is 5. The van der Waals surface area contributed by atoms with Crippen LogP contribution in [0.2, 0.25) is 0 Å². The Hall–Kier alpha value is -4.37. The van der Waals surface area contributed by atoms with Crippen molar-refractivity contribution in [2.75, 3.05) is 40.2 Å². The van der Waals surface area contributed by atoms with E-state index in [1.54, 1.807) is 14.2 Å². The number of methoxy groups -OCH3 is 2. The Morgan fingerprint density at radius 1 is 1.05 bits per heavy atom. The number of fused-ring (bicyclic) bond motifs is 2. The zero-order valence-electron chi connectivity index (χ0n) is 25.8. The summed E-state index contributed by atoms with van der Waals surface area (Å²) in [5, 5.41) is 3.94. The number of imidazole rings is 1. The van der Waals surface area contributed by atoms with Crippen molar-refractivity contribution in [3.05, 3.63) is 72.1 Å². The van der Waals surface area contributed by atoms with Gasteiger partial charge in [0, 0.05) is 42.9 Å². The summed E-state index contributed by atoms with van der Waals surface area (Å²) < 4.78 is 15.4. The van der Waals surface area contributed by atoms with Crippen LogP contribution in [-0.4, -0.2) is 64.6 Å². The number of aryl methyl sites for hydroxylation is 2. The number of aromatic nitrogens is 4. The van der Waals surface area contributed by atoms with Gasteiger partial charge >= 0.3 is 0 Å². The summed E-state index contributed by atoms with van der Waals surface area (Å²) in [4.78, 5) is 25.6. The molecule has 9 nitrogen and oxygen atoms in total. The zero-order chi connectivity index (χ0) is 30.2. The van der Waals surface area contributed by atoms with Crippen LogP contribution < -0.4 is 14.8 Å². The van der Waals surface area contributed by atoms with Crippen LogP contribution in [-0.2, 0) is 7.05 Å². The van der Waals surface area contributed by atoms with Crippen LogP contribution >= 0.6 is 0 Å². The molecule has 1 fully saturated rings. The molecular weight excluding hydrogens is 540 g/mol. The predicted octanol–water partition coefficient (Wildman–Crippen LogP) is 6.30. The maximum Gasteiger partial charge on any atom is 0.272 e. The maximum atomic E-state index is 13.5. The minimum Gasteiger partial charge on any atom is -0.496 e. The lowest BCUT2D eigenvalue weighted by molar-refractivity contribution is 0.101. The van der Waals surface area contributed by atoms with E-state index >= 15 is 0 Å². The number of hydrogen-bond acceptors (Lipinski definition) is 6. The molecule has 0 bridgehead atoms. The molecule has 0 unspecified atom stereocenters. The number of carbonyl (C=O) groups is 1. The Morgan fingerprint density at radius 2 is 1.81 bits per heavy atom. The summed E-state index contributed by atoms with van der Waals surface area (Å²) in [6.45, 7) is 3.17. The fraction of sp³-hybridized carbons (Fsp3) is 0.382.